The molecule has 0 aromatic carbocycles. The van der Waals surface area contributed by atoms with Crippen LogP contribution < -0.4 is 10.6 Å². The number of likely N-dealkylation sites (tertiary alicyclic amines) is 1. The highest BCUT2D eigenvalue weighted by molar-refractivity contribution is 5.94. The minimum Gasteiger partial charge on any atom is -0.480 e. The molecule has 7 nitrogen and oxygen atoms in total. The van der Waals surface area contributed by atoms with Gasteiger partial charge in [-0.2, -0.15) is 0 Å². The van der Waals surface area contributed by atoms with E-state index in [1.165, 1.54) is 7.05 Å². The number of carbonyl (C=O) groups excluding carboxylic acids is 2. The van der Waals surface area contributed by atoms with Crippen molar-refractivity contribution < 1.29 is 19.5 Å². The van der Waals surface area contributed by atoms with Crippen LogP contribution in [0.4, 0.5) is 4.79 Å². The van der Waals surface area contributed by atoms with E-state index in [9.17, 15) is 14.4 Å². The predicted octanol–water partition coefficient (Wildman–Crippen LogP) is -0.373. The molecule has 0 aromatic heterocycles. The number of imide groups is 1. The third kappa shape index (κ3) is 3.69. The second kappa shape index (κ2) is 6.34. The van der Waals surface area contributed by atoms with Crippen LogP contribution in [0.3, 0.4) is 0 Å². The van der Waals surface area contributed by atoms with Gasteiger partial charge in [0, 0.05) is 20.0 Å². The summed E-state index contributed by atoms with van der Waals surface area (Å²) in [5.74, 6) is -1.17. The molecule has 102 valence electrons. The first-order valence-electron chi connectivity index (χ1n) is 5.94. The summed E-state index contributed by atoms with van der Waals surface area (Å²) in [4.78, 5) is 35.1. The fourth-order valence-corrected chi connectivity index (χ4v) is 2.17. The van der Waals surface area contributed by atoms with Crippen LogP contribution in [0.15, 0.2) is 0 Å². The number of carboxylic acid groups (broad SMARTS) is 1. The lowest BCUT2D eigenvalue weighted by atomic mass is 10.0. The lowest BCUT2D eigenvalue weighted by Crippen LogP contribution is -2.42. The highest BCUT2D eigenvalue weighted by atomic mass is 16.4. The lowest BCUT2D eigenvalue weighted by Gasteiger charge is -2.22. The van der Waals surface area contributed by atoms with Crippen molar-refractivity contribution in [3.8, 4) is 0 Å². The van der Waals surface area contributed by atoms with E-state index in [1.807, 2.05) is 6.92 Å². The molecule has 1 saturated heterocycles. The highest BCUT2D eigenvalue weighted by Crippen LogP contribution is 2.23. The third-order valence-electron chi connectivity index (χ3n) is 3.16. The van der Waals surface area contributed by atoms with Gasteiger partial charge in [0.2, 0.25) is 5.91 Å². The normalized spacial score (nSPS) is 23.7. The number of nitrogens with zero attached hydrogens (tertiary/aromatic N) is 1. The van der Waals surface area contributed by atoms with Gasteiger partial charge in [-0.1, -0.05) is 6.92 Å². The van der Waals surface area contributed by atoms with Crippen molar-refractivity contribution in [3.63, 3.8) is 0 Å². The van der Waals surface area contributed by atoms with Crippen LogP contribution in [-0.4, -0.2) is 54.1 Å². The van der Waals surface area contributed by atoms with E-state index in [-0.39, 0.29) is 12.3 Å². The quantitative estimate of drug-likeness (QED) is 0.638. The van der Waals surface area contributed by atoms with Crippen molar-refractivity contribution in [1.82, 2.24) is 15.5 Å². The van der Waals surface area contributed by atoms with Crippen molar-refractivity contribution >= 4 is 17.9 Å². The molecular formula is C11H19N3O4. The Labute approximate surface area is 106 Å². The summed E-state index contributed by atoms with van der Waals surface area (Å²) >= 11 is 0. The molecule has 2 unspecified atom stereocenters. The molecule has 18 heavy (non-hydrogen) atoms. The molecule has 1 fully saturated rings. The predicted molar refractivity (Wildman–Crippen MR) is 64.0 cm³/mol. The van der Waals surface area contributed by atoms with Gasteiger partial charge in [-0.15, -0.1) is 0 Å². The van der Waals surface area contributed by atoms with Crippen LogP contribution in [-0.2, 0) is 9.59 Å². The first-order valence-corrected chi connectivity index (χ1v) is 5.94. The Morgan fingerprint density at radius 1 is 1.39 bits per heavy atom. The monoisotopic (exact) mass is 257 g/mol. The molecule has 1 aliphatic heterocycles. The maximum Gasteiger partial charge on any atom is 0.321 e. The summed E-state index contributed by atoms with van der Waals surface area (Å²) in [5.41, 5.74) is 0. The second-order valence-corrected chi connectivity index (χ2v) is 4.46. The van der Waals surface area contributed by atoms with E-state index >= 15 is 0 Å². The van der Waals surface area contributed by atoms with Crippen LogP contribution in [0, 0.1) is 5.92 Å². The topological polar surface area (TPSA) is 98.7 Å². The largest absolute Gasteiger partial charge is 0.480 e. The Bertz CT molecular complexity index is 345. The van der Waals surface area contributed by atoms with Gasteiger partial charge >= 0.3 is 12.0 Å². The van der Waals surface area contributed by atoms with Crippen LogP contribution in [0.2, 0.25) is 0 Å². The molecule has 0 saturated carbocycles. The molecule has 0 radical (unpaired) electrons. The lowest BCUT2D eigenvalue weighted by molar-refractivity contribution is -0.143. The van der Waals surface area contributed by atoms with Crippen molar-refractivity contribution in [1.29, 1.82) is 0 Å². The molecule has 1 aliphatic rings. The van der Waals surface area contributed by atoms with Crippen molar-refractivity contribution in [2.24, 2.45) is 5.92 Å². The van der Waals surface area contributed by atoms with E-state index in [1.54, 1.807) is 4.90 Å². The van der Waals surface area contributed by atoms with Gasteiger partial charge < -0.3 is 10.4 Å². The SMILES string of the molecule is CNC(=O)NC(=O)CCN1CCC(C)C1C(=O)O. The number of rotatable bonds is 4. The minimum absolute atomic E-state index is 0.0875. The van der Waals surface area contributed by atoms with Crippen molar-refractivity contribution in [2.75, 3.05) is 20.1 Å². The van der Waals surface area contributed by atoms with E-state index in [0.717, 1.165) is 6.42 Å². The Hall–Kier alpha value is -1.63. The number of urea groups is 1. The van der Waals surface area contributed by atoms with Crippen LogP contribution in [0.5, 0.6) is 0 Å². The highest BCUT2D eigenvalue weighted by Gasteiger charge is 2.36. The molecule has 2 atom stereocenters. The Kier molecular flexibility index (Phi) is 5.08. The molecular weight excluding hydrogens is 238 g/mol. The average molecular weight is 257 g/mol. The maximum absolute atomic E-state index is 11.4. The number of carbonyl (C=O) groups is 3. The molecule has 1 rings (SSSR count). The average Bonchev–Trinajstić information content (AvgIpc) is 2.67. The summed E-state index contributed by atoms with van der Waals surface area (Å²) in [5, 5.41) is 13.5. The fraction of sp³-hybridized carbons (Fsp3) is 0.727. The molecule has 0 aromatic rings. The Balaban J connectivity index is 2.41. The fourth-order valence-electron chi connectivity index (χ4n) is 2.17. The zero-order valence-electron chi connectivity index (χ0n) is 10.6. The van der Waals surface area contributed by atoms with Gasteiger partial charge in [0.1, 0.15) is 6.04 Å². The van der Waals surface area contributed by atoms with Gasteiger partial charge in [0.25, 0.3) is 0 Å². The molecule has 0 spiro atoms. The van der Waals surface area contributed by atoms with E-state index < -0.39 is 23.9 Å². The van der Waals surface area contributed by atoms with Crippen molar-refractivity contribution in [3.05, 3.63) is 0 Å². The van der Waals surface area contributed by atoms with Crippen LogP contribution >= 0.6 is 0 Å². The van der Waals surface area contributed by atoms with Crippen LogP contribution in [0.1, 0.15) is 19.8 Å². The third-order valence-corrected chi connectivity index (χ3v) is 3.16. The van der Waals surface area contributed by atoms with Crippen LogP contribution in [0.25, 0.3) is 0 Å². The van der Waals surface area contributed by atoms with Gasteiger partial charge in [-0.05, 0) is 18.9 Å². The standard InChI is InChI=1S/C11H19N3O4/c1-7-3-5-14(9(7)10(16)17)6-4-8(15)13-11(18)12-2/h7,9H,3-6H2,1-2H3,(H,16,17)(H2,12,13,15,18). The summed E-state index contributed by atoms with van der Waals surface area (Å²) in [6.45, 7) is 2.92. The second-order valence-electron chi connectivity index (χ2n) is 4.46. The summed E-state index contributed by atoms with van der Waals surface area (Å²) in [6, 6.07) is -1.08. The van der Waals surface area contributed by atoms with Crippen molar-refractivity contribution in [2.45, 2.75) is 25.8 Å². The smallest absolute Gasteiger partial charge is 0.321 e. The Morgan fingerprint density at radius 2 is 2.06 bits per heavy atom. The first-order chi connectivity index (χ1) is 8.45. The van der Waals surface area contributed by atoms with Gasteiger partial charge in [-0.25, -0.2) is 4.79 Å². The van der Waals surface area contributed by atoms with E-state index in [4.69, 9.17) is 5.11 Å². The van der Waals surface area contributed by atoms with Gasteiger partial charge in [0.15, 0.2) is 0 Å². The zero-order chi connectivity index (χ0) is 13.7. The Morgan fingerprint density at radius 3 is 2.61 bits per heavy atom. The number of carboxylic acids is 1. The number of nitrogens with one attached hydrogen (secondary N) is 2. The summed E-state index contributed by atoms with van der Waals surface area (Å²) in [6.07, 6.45) is 0.929. The van der Waals surface area contributed by atoms with Gasteiger partial charge in [-0.3, -0.25) is 19.8 Å². The summed E-state index contributed by atoms with van der Waals surface area (Å²) < 4.78 is 0. The number of hydrogen-bond donors (Lipinski definition) is 3. The maximum atomic E-state index is 11.4. The number of aliphatic carboxylic acids is 1. The van der Waals surface area contributed by atoms with Gasteiger partial charge in [0.05, 0.1) is 0 Å². The number of hydrogen-bond acceptors (Lipinski definition) is 4. The molecule has 1 heterocycles. The molecule has 3 amide bonds. The zero-order valence-corrected chi connectivity index (χ0v) is 10.6. The first kappa shape index (κ1) is 14.4. The molecule has 7 heteroatoms. The summed E-state index contributed by atoms with van der Waals surface area (Å²) in [7, 11) is 1.42. The molecule has 0 bridgehead atoms. The molecule has 0 aliphatic carbocycles. The van der Waals surface area contributed by atoms with E-state index in [0.29, 0.717) is 13.1 Å². The number of amides is 3. The molecule has 3 N–H and O–H groups in total. The minimum atomic E-state index is -0.855. The van der Waals surface area contributed by atoms with E-state index in [2.05, 4.69) is 10.6 Å².